The molecule has 0 aliphatic rings. The minimum absolute atomic E-state index is 0.107. The van der Waals surface area contributed by atoms with E-state index >= 15 is 0 Å². The Balaban J connectivity index is 1.97. The van der Waals surface area contributed by atoms with Gasteiger partial charge in [-0.3, -0.25) is 9.69 Å². The summed E-state index contributed by atoms with van der Waals surface area (Å²) in [4.78, 5) is 22.3. The second-order valence-corrected chi connectivity index (χ2v) is 9.34. The smallest absolute Gasteiger partial charge is 0.233 e. The van der Waals surface area contributed by atoms with E-state index in [4.69, 9.17) is 4.98 Å². The third-order valence-electron chi connectivity index (χ3n) is 5.29. The lowest BCUT2D eigenvalue weighted by atomic mass is 9.97. The van der Waals surface area contributed by atoms with Crippen LogP contribution in [0.3, 0.4) is 0 Å². The summed E-state index contributed by atoms with van der Waals surface area (Å²) in [5.74, 6) is 0.107. The van der Waals surface area contributed by atoms with Crippen LogP contribution in [0.1, 0.15) is 33.4 Å². The summed E-state index contributed by atoms with van der Waals surface area (Å²) in [5.41, 5.74) is 8.11. The Morgan fingerprint density at radius 1 is 0.897 bits per heavy atom. The summed E-state index contributed by atoms with van der Waals surface area (Å²) in [6.45, 7) is 11.9. The maximum atomic E-state index is 13.4. The Labute approximate surface area is 178 Å². The molecule has 5 heteroatoms. The zero-order chi connectivity index (χ0) is 21.3. The summed E-state index contributed by atoms with van der Waals surface area (Å²) >= 11 is 1.61. The molecule has 1 amide bonds. The van der Waals surface area contributed by atoms with Crippen molar-refractivity contribution in [1.82, 2.24) is 9.88 Å². The van der Waals surface area contributed by atoms with E-state index in [9.17, 15) is 4.79 Å². The van der Waals surface area contributed by atoms with Crippen LogP contribution in [0.4, 0.5) is 5.13 Å². The molecule has 0 fully saturated rings. The van der Waals surface area contributed by atoms with E-state index < -0.39 is 0 Å². The van der Waals surface area contributed by atoms with Crippen LogP contribution in [0, 0.1) is 34.6 Å². The van der Waals surface area contributed by atoms with Gasteiger partial charge in [0.25, 0.3) is 0 Å². The summed E-state index contributed by atoms with van der Waals surface area (Å²) in [6, 6.07) is 8.62. The van der Waals surface area contributed by atoms with Gasteiger partial charge in [-0.25, -0.2) is 4.98 Å². The number of likely N-dealkylation sites (N-methyl/N-ethyl adjacent to an activating group) is 1. The van der Waals surface area contributed by atoms with Crippen LogP contribution in [-0.4, -0.2) is 43.0 Å². The Hall–Kier alpha value is -2.24. The molecule has 0 radical (unpaired) electrons. The van der Waals surface area contributed by atoms with Gasteiger partial charge >= 0.3 is 0 Å². The molecular formula is C24H31N3OS. The number of carbonyl (C=O) groups excluding carboxylic acids is 1. The molecule has 0 aliphatic heterocycles. The van der Waals surface area contributed by atoms with E-state index in [0.717, 1.165) is 33.0 Å². The van der Waals surface area contributed by atoms with Gasteiger partial charge in [0.05, 0.1) is 16.6 Å². The third-order valence-corrected chi connectivity index (χ3v) is 6.32. The lowest BCUT2D eigenvalue weighted by Gasteiger charge is -2.23. The van der Waals surface area contributed by atoms with E-state index in [1.807, 2.05) is 19.0 Å². The number of carbonyl (C=O) groups is 1. The third kappa shape index (κ3) is 4.85. The number of hydrogen-bond donors (Lipinski definition) is 0. The highest BCUT2D eigenvalue weighted by molar-refractivity contribution is 7.22. The predicted molar refractivity (Wildman–Crippen MR) is 124 cm³/mol. The molecule has 0 saturated heterocycles. The summed E-state index contributed by atoms with van der Waals surface area (Å²) < 4.78 is 1.14. The fraction of sp³-hybridized carbons (Fsp3) is 0.417. The van der Waals surface area contributed by atoms with Crippen LogP contribution in [-0.2, 0) is 11.2 Å². The van der Waals surface area contributed by atoms with E-state index in [1.165, 1.54) is 22.3 Å². The van der Waals surface area contributed by atoms with Gasteiger partial charge in [0.15, 0.2) is 5.13 Å². The molecule has 0 atom stereocenters. The number of thiazole rings is 1. The molecule has 0 unspecified atom stereocenters. The molecule has 4 nitrogen and oxygen atoms in total. The first-order chi connectivity index (χ1) is 13.7. The molecule has 0 spiro atoms. The van der Waals surface area contributed by atoms with Crippen LogP contribution in [0.25, 0.3) is 10.2 Å². The first kappa shape index (κ1) is 21.5. The average molecular weight is 410 g/mol. The first-order valence-corrected chi connectivity index (χ1v) is 10.9. The van der Waals surface area contributed by atoms with Crippen molar-refractivity contribution in [3.05, 3.63) is 57.6 Å². The highest BCUT2D eigenvalue weighted by Gasteiger charge is 2.22. The van der Waals surface area contributed by atoms with Gasteiger partial charge in [-0.05, 0) is 82.6 Å². The Morgan fingerprint density at radius 3 is 2.10 bits per heavy atom. The van der Waals surface area contributed by atoms with Gasteiger partial charge in [-0.15, -0.1) is 0 Å². The molecule has 0 aliphatic carbocycles. The number of aromatic nitrogens is 1. The van der Waals surface area contributed by atoms with Crippen molar-refractivity contribution >= 4 is 32.6 Å². The van der Waals surface area contributed by atoms with Gasteiger partial charge in [0.2, 0.25) is 5.91 Å². The monoisotopic (exact) mass is 409 g/mol. The molecule has 0 bridgehead atoms. The van der Waals surface area contributed by atoms with Crippen LogP contribution in [0.2, 0.25) is 0 Å². The molecule has 0 N–H and O–H groups in total. The highest BCUT2D eigenvalue weighted by Crippen LogP contribution is 2.32. The standard InChI is InChI=1S/C24H31N3OS/c1-15-10-17(3)20(18(4)11-15)14-22(28)27(9-8-26(6)7)24-25-23-19(5)12-16(2)13-21(23)29-24/h10-13H,8-9,14H2,1-7H3. The normalized spacial score (nSPS) is 11.4. The number of nitrogens with zero attached hydrogens (tertiary/aromatic N) is 3. The number of hydrogen-bond acceptors (Lipinski definition) is 4. The van der Waals surface area contributed by atoms with Crippen molar-refractivity contribution in [2.24, 2.45) is 0 Å². The summed E-state index contributed by atoms with van der Waals surface area (Å²) in [6.07, 6.45) is 0.402. The van der Waals surface area contributed by atoms with Gasteiger partial charge in [0.1, 0.15) is 0 Å². The van der Waals surface area contributed by atoms with Crippen molar-refractivity contribution in [1.29, 1.82) is 0 Å². The predicted octanol–water partition coefficient (Wildman–Crippen LogP) is 4.98. The number of anilines is 1. The number of benzene rings is 2. The van der Waals surface area contributed by atoms with E-state index in [0.29, 0.717) is 13.0 Å². The first-order valence-electron chi connectivity index (χ1n) is 10.1. The summed E-state index contributed by atoms with van der Waals surface area (Å²) in [5, 5.41) is 0.794. The molecule has 29 heavy (non-hydrogen) atoms. The molecular weight excluding hydrogens is 378 g/mol. The van der Waals surface area contributed by atoms with Crippen LogP contribution in [0.15, 0.2) is 24.3 Å². The van der Waals surface area contributed by atoms with Crippen LogP contribution >= 0.6 is 11.3 Å². The molecule has 154 valence electrons. The topological polar surface area (TPSA) is 36.4 Å². The van der Waals surface area contributed by atoms with Gasteiger partial charge in [0, 0.05) is 13.1 Å². The van der Waals surface area contributed by atoms with Crippen molar-refractivity contribution < 1.29 is 4.79 Å². The number of fused-ring (bicyclic) bond motifs is 1. The Bertz CT molecular complexity index is 1030. The second kappa shape index (κ2) is 8.64. The van der Waals surface area contributed by atoms with Crippen LogP contribution < -0.4 is 4.90 Å². The van der Waals surface area contributed by atoms with Crippen molar-refractivity contribution in [3.63, 3.8) is 0 Å². The SMILES string of the molecule is Cc1cc(C)c(CC(=O)N(CCN(C)C)c2nc3c(C)cc(C)cc3s2)c(C)c1. The largest absolute Gasteiger partial charge is 0.308 e. The fourth-order valence-electron chi connectivity index (χ4n) is 3.84. The maximum absolute atomic E-state index is 13.4. The lowest BCUT2D eigenvalue weighted by molar-refractivity contribution is -0.118. The van der Waals surface area contributed by atoms with Gasteiger partial charge in [-0.2, -0.15) is 0 Å². The minimum atomic E-state index is 0.107. The number of amides is 1. The Kier molecular flexibility index (Phi) is 6.39. The quantitative estimate of drug-likeness (QED) is 0.576. The average Bonchev–Trinajstić information content (AvgIpc) is 3.01. The second-order valence-electron chi connectivity index (χ2n) is 8.33. The molecule has 3 rings (SSSR count). The van der Waals surface area contributed by atoms with Crippen molar-refractivity contribution in [3.8, 4) is 0 Å². The van der Waals surface area contributed by atoms with Gasteiger partial charge in [-0.1, -0.05) is 35.1 Å². The van der Waals surface area contributed by atoms with Crippen molar-refractivity contribution in [2.45, 2.75) is 41.0 Å². The zero-order valence-corrected chi connectivity index (χ0v) is 19.4. The van der Waals surface area contributed by atoms with Gasteiger partial charge < -0.3 is 4.90 Å². The zero-order valence-electron chi connectivity index (χ0n) is 18.6. The molecule has 1 aromatic heterocycles. The molecule has 0 saturated carbocycles. The summed E-state index contributed by atoms with van der Waals surface area (Å²) in [7, 11) is 4.06. The fourth-order valence-corrected chi connectivity index (χ4v) is 5.02. The maximum Gasteiger partial charge on any atom is 0.233 e. The van der Waals surface area contributed by atoms with E-state index in [-0.39, 0.29) is 5.91 Å². The van der Waals surface area contributed by atoms with Crippen molar-refractivity contribution in [2.75, 3.05) is 32.1 Å². The Morgan fingerprint density at radius 2 is 1.48 bits per heavy atom. The molecule has 3 aromatic rings. The number of aryl methyl sites for hydroxylation is 5. The van der Waals surface area contributed by atoms with E-state index in [1.54, 1.807) is 11.3 Å². The highest BCUT2D eigenvalue weighted by atomic mass is 32.1. The molecule has 1 heterocycles. The molecule has 2 aromatic carbocycles. The lowest BCUT2D eigenvalue weighted by Crippen LogP contribution is -2.37. The van der Waals surface area contributed by atoms with E-state index in [2.05, 4.69) is 63.8 Å². The minimum Gasteiger partial charge on any atom is -0.308 e. The number of rotatable bonds is 6. The van der Waals surface area contributed by atoms with Crippen LogP contribution in [0.5, 0.6) is 0 Å².